The van der Waals surface area contributed by atoms with E-state index in [0.717, 1.165) is 17.9 Å². The number of methoxy groups -OCH3 is 1. The van der Waals surface area contributed by atoms with E-state index in [1.165, 1.54) is 0 Å². The van der Waals surface area contributed by atoms with Gasteiger partial charge >= 0.3 is 0 Å². The van der Waals surface area contributed by atoms with Gasteiger partial charge in [0, 0.05) is 31.4 Å². The standard InChI is InChI=1S/C14H24N2O/c1-11(2)8-13(10-15)16(3)12-6-5-7-14(9-12)17-4/h5-7,9,11,13H,8,10,15H2,1-4H3. The summed E-state index contributed by atoms with van der Waals surface area (Å²) in [6.07, 6.45) is 1.10. The number of rotatable bonds is 6. The molecule has 0 aliphatic carbocycles. The second-order valence-corrected chi connectivity index (χ2v) is 4.83. The number of hydrogen-bond acceptors (Lipinski definition) is 3. The zero-order chi connectivity index (χ0) is 12.8. The summed E-state index contributed by atoms with van der Waals surface area (Å²) in [4.78, 5) is 2.24. The number of ether oxygens (including phenoxy) is 1. The van der Waals surface area contributed by atoms with E-state index < -0.39 is 0 Å². The van der Waals surface area contributed by atoms with Crippen LogP contribution < -0.4 is 15.4 Å². The summed E-state index contributed by atoms with van der Waals surface area (Å²) in [5.41, 5.74) is 7.01. The van der Waals surface area contributed by atoms with Gasteiger partial charge in [0.25, 0.3) is 0 Å². The first kappa shape index (κ1) is 13.8. The molecule has 0 spiro atoms. The Labute approximate surface area is 105 Å². The lowest BCUT2D eigenvalue weighted by atomic mass is 10.0. The lowest BCUT2D eigenvalue weighted by Crippen LogP contribution is -2.38. The second kappa shape index (κ2) is 6.50. The highest BCUT2D eigenvalue weighted by Gasteiger charge is 2.15. The Morgan fingerprint density at radius 3 is 2.59 bits per heavy atom. The SMILES string of the molecule is COc1cccc(N(C)C(CN)CC(C)C)c1. The lowest BCUT2D eigenvalue weighted by Gasteiger charge is -2.30. The molecule has 0 aromatic heterocycles. The highest BCUT2D eigenvalue weighted by molar-refractivity contribution is 5.51. The van der Waals surface area contributed by atoms with E-state index in [-0.39, 0.29) is 0 Å². The maximum atomic E-state index is 5.86. The number of nitrogens with zero attached hydrogens (tertiary/aromatic N) is 1. The lowest BCUT2D eigenvalue weighted by molar-refractivity contribution is 0.414. The van der Waals surface area contributed by atoms with Gasteiger partial charge in [0.2, 0.25) is 0 Å². The molecule has 0 radical (unpaired) electrons. The zero-order valence-electron chi connectivity index (χ0n) is 11.3. The average Bonchev–Trinajstić information content (AvgIpc) is 2.35. The highest BCUT2D eigenvalue weighted by Crippen LogP contribution is 2.23. The molecule has 1 aromatic rings. The van der Waals surface area contributed by atoms with Crippen molar-refractivity contribution in [1.82, 2.24) is 0 Å². The van der Waals surface area contributed by atoms with Crippen LogP contribution in [0, 0.1) is 5.92 Å². The third-order valence-electron chi connectivity index (χ3n) is 3.02. The van der Waals surface area contributed by atoms with Crippen molar-refractivity contribution in [3.05, 3.63) is 24.3 Å². The molecule has 1 rings (SSSR count). The van der Waals surface area contributed by atoms with Gasteiger partial charge in [-0.15, -0.1) is 0 Å². The van der Waals surface area contributed by atoms with E-state index in [1.807, 2.05) is 18.2 Å². The van der Waals surface area contributed by atoms with Crippen molar-refractivity contribution >= 4 is 5.69 Å². The first-order valence-electron chi connectivity index (χ1n) is 6.15. The molecule has 1 atom stereocenters. The molecular weight excluding hydrogens is 212 g/mol. The molecule has 0 saturated heterocycles. The van der Waals surface area contributed by atoms with Gasteiger partial charge in [0.05, 0.1) is 7.11 Å². The van der Waals surface area contributed by atoms with Crippen LogP contribution in [0.4, 0.5) is 5.69 Å². The van der Waals surface area contributed by atoms with Gasteiger partial charge in [-0.3, -0.25) is 0 Å². The van der Waals surface area contributed by atoms with E-state index in [4.69, 9.17) is 10.5 Å². The Kier molecular flexibility index (Phi) is 5.29. The van der Waals surface area contributed by atoms with Crippen LogP contribution in [-0.4, -0.2) is 26.7 Å². The molecule has 3 heteroatoms. The van der Waals surface area contributed by atoms with Gasteiger partial charge < -0.3 is 15.4 Å². The predicted octanol–water partition coefficient (Wildman–Crippen LogP) is 2.50. The number of nitrogens with two attached hydrogens (primary N) is 1. The fourth-order valence-corrected chi connectivity index (χ4v) is 2.00. The topological polar surface area (TPSA) is 38.5 Å². The van der Waals surface area contributed by atoms with Crippen molar-refractivity contribution < 1.29 is 4.74 Å². The Bertz CT molecular complexity index is 339. The quantitative estimate of drug-likeness (QED) is 0.824. The number of anilines is 1. The molecule has 1 aromatic carbocycles. The first-order chi connectivity index (χ1) is 8.08. The molecule has 0 bridgehead atoms. The fraction of sp³-hybridized carbons (Fsp3) is 0.571. The minimum absolute atomic E-state index is 0.377. The minimum Gasteiger partial charge on any atom is -0.497 e. The third-order valence-corrected chi connectivity index (χ3v) is 3.02. The van der Waals surface area contributed by atoms with Gasteiger partial charge in [0.15, 0.2) is 0 Å². The van der Waals surface area contributed by atoms with Crippen LogP contribution in [0.15, 0.2) is 24.3 Å². The number of benzene rings is 1. The van der Waals surface area contributed by atoms with E-state index in [9.17, 15) is 0 Å². The summed E-state index contributed by atoms with van der Waals surface area (Å²) in [5.74, 6) is 1.53. The van der Waals surface area contributed by atoms with Crippen molar-refractivity contribution in [3.8, 4) is 5.75 Å². The molecule has 0 aliphatic heterocycles. The predicted molar refractivity (Wildman–Crippen MR) is 73.7 cm³/mol. The van der Waals surface area contributed by atoms with Gasteiger partial charge in [-0.2, -0.15) is 0 Å². The molecule has 0 amide bonds. The Hall–Kier alpha value is -1.22. The molecule has 1 unspecified atom stereocenters. The Balaban J connectivity index is 2.81. The van der Waals surface area contributed by atoms with Crippen molar-refractivity contribution in [1.29, 1.82) is 0 Å². The summed E-state index contributed by atoms with van der Waals surface area (Å²) >= 11 is 0. The van der Waals surface area contributed by atoms with Crippen molar-refractivity contribution in [2.24, 2.45) is 11.7 Å². The van der Waals surface area contributed by atoms with Crippen LogP contribution in [0.3, 0.4) is 0 Å². The fourth-order valence-electron chi connectivity index (χ4n) is 2.00. The van der Waals surface area contributed by atoms with Gasteiger partial charge in [-0.05, 0) is 24.5 Å². The minimum atomic E-state index is 0.377. The molecule has 2 N–H and O–H groups in total. The molecule has 0 fully saturated rings. The summed E-state index contributed by atoms with van der Waals surface area (Å²) in [5, 5.41) is 0. The maximum Gasteiger partial charge on any atom is 0.120 e. The highest BCUT2D eigenvalue weighted by atomic mass is 16.5. The average molecular weight is 236 g/mol. The van der Waals surface area contributed by atoms with Crippen LogP contribution in [0.2, 0.25) is 0 Å². The smallest absolute Gasteiger partial charge is 0.120 e. The normalized spacial score (nSPS) is 12.6. The molecular formula is C14H24N2O. The van der Waals surface area contributed by atoms with E-state index in [1.54, 1.807) is 7.11 Å². The van der Waals surface area contributed by atoms with E-state index >= 15 is 0 Å². The molecule has 17 heavy (non-hydrogen) atoms. The van der Waals surface area contributed by atoms with Crippen molar-refractivity contribution in [2.75, 3.05) is 25.6 Å². The number of hydrogen-bond donors (Lipinski definition) is 1. The number of likely N-dealkylation sites (N-methyl/N-ethyl adjacent to an activating group) is 1. The molecule has 0 saturated carbocycles. The third kappa shape index (κ3) is 3.93. The molecule has 3 nitrogen and oxygen atoms in total. The van der Waals surface area contributed by atoms with Crippen molar-refractivity contribution in [2.45, 2.75) is 26.3 Å². The van der Waals surface area contributed by atoms with Crippen molar-refractivity contribution in [3.63, 3.8) is 0 Å². The first-order valence-corrected chi connectivity index (χ1v) is 6.15. The van der Waals surface area contributed by atoms with Gasteiger partial charge in [0.1, 0.15) is 5.75 Å². The van der Waals surface area contributed by atoms with Gasteiger partial charge in [-0.1, -0.05) is 19.9 Å². The summed E-state index contributed by atoms with van der Waals surface area (Å²) in [6, 6.07) is 8.47. The van der Waals surface area contributed by atoms with Gasteiger partial charge in [-0.25, -0.2) is 0 Å². The largest absolute Gasteiger partial charge is 0.497 e. The molecule has 0 heterocycles. The Morgan fingerprint density at radius 1 is 1.35 bits per heavy atom. The van der Waals surface area contributed by atoms with Crippen LogP contribution in [0.5, 0.6) is 5.75 Å². The van der Waals surface area contributed by atoms with Crippen LogP contribution >= 0.6 is 0 Å². The second-order valence-electron chi connectivity index (χ2n) is 4.83. The monoisotopic (exact) mass is 236 g/mol. The maximum absolute atomic E-state index is 5.86. The summed E-state index contributed by atoms with van der Waals surface area (Å²) in [6.45, 7) is 5.12. The van der Waals surface area contributed by atoms with Crippen LogP contribution in [-0.2, 0) is 0 Å². The molecule has 96 valence electrons. The van der Waals surface area contributed by atoms with E-state index in [0.29, 0.717) is 18.5 Å². The summed E-state index contributed by atoms with van der Waals surface area (Å²) in [7, 11) is 3.78. The Morgan fingerprint density at radius 2 is 2.06 bits per heavy atom. The summed E-state index contributed by atoms with van der Waals surface area (Å²) < 4.78 is 5.24. The zero-order valence-corrected chi connectivity index (χ0v) is 11.3. The van der Waals surface area contributed by atoms with Crippen LogP contribution in [0.1, 0.15) is 20.3 Å². The van der Waals surface area contributed by atoms with Crippen LogP contribution in [0.25, 0.3) is 0 Å². The molecule has 0 aliphatic rings. The van der Waals surface area contributed by atoms with E-state index in [2.05, 4.69) is 31.9 Å².